The zero-order valence-corrected chi connectivity index (χ0v) is 29.2. The highest BCUT2D eigenvalue weighted by Gasteiger charge is 2.36. The van der Waals surface area contributed by atoms with Crippen molar-refractivity contribution in [2.24, 2.45) is 0 Å². The van der Waals surface area contributed by atoms with Crippen molar-refractivity contribution < 1.29 is 23.5 Å². The summed E-state index contributed by atoms with van der Waals surface area (Å²) in [5.41, 5.74) is 4.56. The van der Waals surface area contributed by atoms with Crippen LogP contribution in [0.2, 0.25) is 0 Å². The normalized spacial score (nSPS) is 21.0. The Kier molecular flexibility index (Phi) is 10.1. The van der Waals surface area contributed by atoms with Crippen LogP contribution in [0.4, 0.5) is 15.3 Å². The molecule has 7 rings (SSSR count). The van der Waals surface area contributed by atoms with Crippen molar-refractivity contribution in [1.29, 1.82) is 0 Å². The van der Waals surface area contributed by atoms with E-state index in [1.807, 2.05) is 47.1 Å². The number of hydrogen-bond acceptors (Lipinski definition) is 8. The molecule has 3 fully saturated rings. The van der Waals surface area contributed by atoms with E-state index in [0.717, 1.165) is 74.2 Å². The summed E-state index contributed by atoms with van der Waals surface area (Å²) in [5, 5.41) is 3.05. The number of rotatable bonds is 6. The Labute approximate surface area is 292 Å². The number of benzene rings is 2. The average molecular weight is 688 g/mol. The van der Waals surface area contributed by atoms with E-state index in [9.17, 15) is 19.2 Å². The lowest BCUT2D eigenvalue weighted by molar-refractivity contribution is -0.142. The number of nitrogens with one attached hydrogen (secondary N) is 2. The Bertz CT molecular complexity index is 1760. The van der Waals surface area contributed by atoms with Gasteiger partial charge in [-0.05, 0) is 94.4 Å². The summed E-state index contributed by atoms with van der Waals surface area (Å²) in [6, 6.07) is 11.9. The Morgan fingerprint density at radius 3 is 2.44 bits per heavy atom. The predicted octanol–water partition coefficient (Wildman–Crippen LogP) is 3.66. The molecule has 4 aliphatic heterocycles. The van der Waals surface area contributed by atoms with Crippen LogP contribution in [-0.4, -0.2) is 132 Å². The molecule has 1 aromatic heterocycles. The molecule has 5 heterocycles. The number of hydrogen-bond donors (Lipinski definition) is 2. The molecular formula is C37H49N7O6. The molecule has 0 radical (unpaired) electrons. The number of aryl methyl sites for hydroxylation is 1. The van der Waals surface area contributed by atoms with Gasteiger partial charge in [-0.3, -0.25) is 14.7 Å². The lowest BCUT2D eigenvalue weighted by Crippen LogP contribution is -2.52. The predicted molar refractivity (Wildman–Crippen MR) is 189 cm³/mol. The van der Waals surface area contributed by atoms with Crippen molar-refractivity contribution in [1.82, 2.24) is 29.5 Å². The second-order valence-electron chi connectivity index (χ2n) is 14.4. The van der Waals surface area contributed by atoms with Crippen LogP contribution in [0.1, 0.15) is 48.8 Å². The summed E-state index contributed by atoms with van der Waals surface area (Å²) in [7, 11) is 2.17. The molecule has 13 heteroatoms. The zero-order valence-electron chi connectivity index (χ0n) is 29.2. The van der Waals surface area contributed by atoms with Gasteiger partial charge in [-0.2, -0.15) is 0 Å². The molecule has 1 atom stereocenters. The maximum atomic E-state index is 14.2. The second kappa shape index (κ2) is 14.9. The summed E-state index contributed by atoms with van der Waals surface area (Å²) < 4.78 is 11.4. The van der Waals surface area contributed by atoms with Crippen LogP contribution in [0.5, 0.6) is 0 Å². The number of fused-ring (bicyclic) bond motifs is 2. The number of aromatic nitrogens is 1. The lowest BCUT2D eigenvalue weighted by atomic mass is 10.00. The largest absolute Gasteiger partial charge is 0.436 e. The molecule has 13 nitrogen and oxygen atoms in total. The fourth-order valence-electron chi connectivity index (χ4n) is 8.19. The number of carbonyl (C=O) groups excluding carboxylic acids is 3. The van der Waals surface area contributed by atoms with Gasteiger partial charge in [-0.25, -0.2) is 14.4 Å². The smallest absolute Gasteiger partial charge is 0.417 e. The molecule has 0 saturated carbocycles. The van der Waals surface area contributed by atoms with Gasteiger partial charge in [0.25, 0.3) is 5.91 Å². The van der Waals surface area contributed by atoms with Gasteiger partial charge in [-0.1, -0.05) is 24.3 Å². The van der Waals surface area contributed by atoms with Gasteiger partial charge < -0.3 is 34.1 Å². The molecule has 0 bridgehead atoms. The summed E-state index contributed by atoms with van der Waals surface area (Å²) in [6.45, 7) is 8.85. The lowest BCUT2D eigenvalue weighted by Gasteiger charge is -2.40. The number of H-pyrrole nitrogens is 1. The highest BCUT2D eigenvalue weighted by molar-refractivity contribution is 5.91. The van der Waals surface area contributed by atoms with Crippen LogP contribution < -0.4 is 11.1 Å². The van der Waals surface area contributed by atoms with Gasteiger partial charge in [0, 0.05) is 70.0 Å². The number of carbonyl (C=O) groups is 3. The van der Waals surface area contributed by atoms with Gasteiger partial charge in [0.15, 0.2) is 11.7 Å². The highest BCUT2D eigenvalue weighted by atomic mass is 16.6. The third-order valence-corrected chi connectivity index (χ3v) is 11.1. The monoisotopic (exact) mass is 687 g/mol. The number of likely N-dealkylation sites (N-methyl/N-ethyl adjacent to an activating group) is 1. The molecule has 3 aromatic rings. The fourth-order valence-corrected chi connectivity index (χ4v) is 8.19. The van der Waals surface area contributed by atoms with Crippen molar-refractivity contribution in [3.63, 3.8) is 0 Å². The average Bonchev–Trinajstić information content (AvgIpc) is 3.25. The number of aromatic amines is 1. The van der Waals surface area contributed by atoms with Crippen molar-refractivity contribution in [3.8, 4) is 0 Å². The van der Waals surface area contributed by atoms with Gasteiger partial charge in [0.1, 0.15) is 0 Å². The molecule has 4 aliphatic rings. The maximum absolute atomic E-state index is 14.2. The molecular weight excluding hydrogens is 638 g/mol. The SMILES string of the molecule is Cc1cc(C[C@@H](OC(=O)N2CCC(N3CCc4ccccc4NC3=O)CC2)C(=O)N2CCC(N3CCCN(C)CC3)CC2)cc2oc(=O)[nH]c12. The third-order valence-electron chi connectivity index (χ3n) is 11.1. The number of anilines is 1. The minimum atomic E-state index is -1.03. The first-order valence-corrected chi connectivity index (χ1v) is 18.2. The van der Waals surface area contributed by atoms with Crippen LogP contribution >= 0.6 is 0 Å². The van der Waals surface area contributed by atoms with Crippen LogP contribution in [0.3, 0.4) is 0 Å². The molecule has 2 aromatic carbocycles. The number of likely N-dealkylation sites (tertiary alicyclic amines) is 2. The highest BCUT2D eigenvalue weighted by Crippen LogP contribution is 2.26. The van der Waals surface area contributed by atoms with E-state index in [-0.39, 0.29) is 24.4 Å². The minimum absolute atomic E-state index is 0.00222. The van der Waals surface area contributed by atoms with Gasteiger partial charge in [-0.15, -0.1) is 0 Å². The van der Waals surface area contributed by atoms with E-state index in [1.54, 1.807) is 11.0 Å². The molecule has 268 valence electrons. The molecule has 3 saturated heterocycles. The quantitative estimate of drug-likeness (QED) is 0.401. The van der Waals surface area contributed by atoms with Crippen molar-refractivity contribution >= 4 is 34.8 Å². The van der Waals surface area contributed by atoms with E-state index in [2.05, 4.69) is 27.1 Å². The Morgan fingerprint density at radius 1 is 0.900 bits per heavy atom. The van der Waals surface area contributed by atoms with Crippen LogP contribution in [0, 0.1) is 6.92 Å². The topological polar surface area (TPSA) is 135 Å². The number of oxazole rings is 1. The Morgan fingerprint density at radius 2 is 1.64 bits per heavy atom. The van der Waals surface area contributed by atoms with E-state index in [0.29, 0.717) is 62.7 Å². The summed E-state index contributed by atoms with van der Waals surface area (Å²) in [4.78, 5) is 65.9. The molecule has 2 N–H and O–H groups in total. The number of urea groups is 1. The standard InChI is InChI=1S/C37H49N7O6/c1-25-22-26(23-31-33(25)39-36(47)49-31)24-32(34(45)42-15-9-28(10-16-42)41-14-5-13-40(2)20-21-41)50-37(48)43-17-11-29(12-18-43)44-19-8-27-6-3-4-7-30(27)38-35(44)46/h3-4,6-7,22-23,28-29,32H,5,8-21,24H2,1-2H3,(H,38,46)(H,39,47)/t32-/m1/s1. The third kappa shape index (κ3) is 7.53. The number of amides is 4. The summed E-state index contributed by atoms with van der Waals surface area (Å²) >= 11 is 0. The Balaban J connectivity index is 1.01. The summed E-state index contributed by atoms with van der Waals surface area (Å²) in [6.07, 6.45) is 3.56. The van der Waals surface area contributed by atoms with Gasteiger partial charge >= 0.3 is 17.9 Å². The minimum Gasteiger partial charge on any atom is -0.436 e. The zero-order chi connectivity index (χ0) is 34.8. The van der Waals surface area contributed by atoms with E-state index in [1.165, 1.54) is 0 Å². The maximum Gasteiger partial charge on any atom is 0.417 e. The van der Waals surface area contributed by atoms with Crippen LogP contribution in [0.25, 0.3) is 11.1 Å². The first kappa shape index (κ1) is 34.1. The Hall–Kier alpha value is -4.36. The molecule has 0 unspecified atom stereocenters. The van der Waals surface area contributed by atoms with E-state index < -0.39 is 18.0 Å². The molecule has 4 amide bonds. The number of piperidine rings is 2. The van der Waals surface area contributed by atoms with Gasteiger partial charge in [0.2, 0.25) is 0 Å². The second-order valence-corrected chi connectivity index (χ2v) is 14.4. The van der Waals surface area contributed by atoms with Crippen LogP contribution in [-0.2, 0) is 22.4 Å². The van der Waals surface area contributed by atoms with E-state index in [4.69, 9.17) is 9.15 Å². The van der Waals surface area contributed by atoms with Crippen molar-refractivity contribution in [2.75, 3.05) is 71.3 Å². The molecule has 50 heavy (non-hydrogen) atoms. The number of ether oxygens (including phenoxy) is 1. The number of nitrogens with zero attached hydrogens (tertiary/aromatic N) is 5. The van der Waals surface area contributed by atoms with Gasteiger partial charge in [0.05, 0.1) is 5.52 Å². The molecule has 0 spiro atoms. The fraction of sp³-hybridized carbons (Fsp3) is 0.568. The molecule has 0 aliphatic carbocycles. The number of para-hydroxylation sites is 1. The first-order chi connectivity index (χ1) is 24.2. The van der Waals surface area contributed by atoms with Crippen molar-refractivity contribution in [2.45, 2.75) is 70.1 Å². The van der Waals surface area contributed by atoms with E-state index >= 15 is 0 Å². The van der Waals surface area contributed by atoms with Crippen molar-refractivity contribution in [3.05, 3.63) is 63.6 Å². The first-order valence-electron chi connectivity index (χ1n) is 18.2. The van der Waals surface area contributed by atoms with Crippen LogP contribution in [0.15, 0.2) is 45.6 Å². The summed E-state index contributed by atoms with van der Waals surface area (Å²) in [5.74, 6) is -0.736.